The van der Waals surface area contributed by atoms with Crippen molar-refractivity contribution >= 4 is 6.29 Å². The standard InChI is InChI=1S/C15H26O5/c1-9(8-16)11-15(7,20-14(5,6)18-11)12-10(2)17-13(3,4)19-12/h8-12H,1-7H3/t9-,10-,11+,12-,15+/m0/s1. The highest BCUT2D eigenvalue weighted by Crippen LogP contribution is 2.46. The molecule has 0 spiro atoms. The number of hydrogen-bond donors (Lipinski definition) is 0. The lowest BCUT2D eigenvalue weighted by atomic mass is 9.83. The van der Waals surface area contributed by atoms with E-state index in [1.807, 2.05) is 48.5 Å². The third kappa shape index (κ3) is 2.64. The van der Waals surface area contributed by atoms with Gasteiger partial charge >= 0.3 is 0 Å². The van der Waals surface area contributed by atoms with Crippen LogP contribution < -0.4 is 0 Å². The molecule has 2 saturated heterocycles. The van der Waals surface area contributed by atoms with Crippen LogP contribution in [-0.4, -0.2) is 41.8 Å². The number of ether oxygens (including phenoxy) is 4. The Morgan fingerprint density at radius 2 is 1.60 bits per heavy atom. The number of rotatable bonds is 3. The van der Waals surface area contributed by atoms with Gasteiger partial charge in [-0.15, -0.1) is 0 Å². The van der Waals surface area contributed by atoms with Gasteiger partial charge in [0, 0.05) is 5.92 Å². The van der Waals surface area contributed by atoms with Crippen LogP contribution >= 0.6 is 0 Å². The maximum Gasteiger partial charge on any atom is 0.164 e. The molecule has 0 radical (unpaired) electrons. The van der Waals surface area contributed by atoms with Crippen LogP contribution in [0.5, 0.6) is 0 Å². The lowest BCUT2D eigenvalue weighted by Gasteiger charge is -2.36. The fraction of sp³-hybridized carbons (Fsp3) is 0.933. The van der Waals surface area contributed by atoms with Crippen LogP contribution in [0.2, 0.25) is 0 Å². The van der Waals surface area contributed by atoms with E-state index in [1.165, 1.54) is 0 Å². The minimum atomic E-state index is -0.744. The topological polar surface area (TPSA) is 54.0 Å². The highest BCUT2D eigenvalue weighted by molar-refractivity contribution is 5.54. The van der Waals surface area contributed by atoms with Crippen LogP contribution in [0.4, 0.5) is 0 Å². The van der Waals surface area contributed by atoms with Gasteiger partial charge in [-0.05, 0) is 41.5 Å². The van der Waals surface area contributed by atoms with Crippen molar-refractivity contribution < 1.29 is 23.7 Å². The van der Waals surface area contributed by atoms with Gasteiger partial charge in [-0.2, -0.15) is 0 Å². The average Bonchev–Trinajstić information content (AvgIpc) is 2.71. The first kappa shape index (κ1) is 15.9. The molecule has 0 aromatic carbocycles. The summed E-state index contributed by atoms with van der Waals surface area (Å²) in [4.78, 5) is 11.2. The second-order valence-electron chi connectivity index (χ2n) is 6.98. The summed E-state index contributed by atoms with van der Waals surface area (Å²) >= 11 is 0. The predicted octanol–water partition coefficient (Wildman–Crippen LogP) is 2.27. The fourth-order valence-electron chi connectivity index (χ4n) is 3.48. The number of carbonyl (C=O) groups is 1. The van der Waals surface area contributed by atoms with Gasteiger partial charge in [0.05, 0.1) is 6.10 Å². The molecule has 0 aliphatic carbocycles. The first-order valence-electron chi connectivity index (χ1n) is 7.20. The summed E-state index contributed by atoms with van der Waals surface area (Å²) in [5.74, 6) is -1.67. The Labute approximate surface area is 120 Å². The van der Waals surface area contributed by atoms with Crippen LogP contribution in [0, 0.1) is 5.92 Å². The predicted molar refractivity (Wildman–Crippen MR) is 73.2 cm³/mol. The van der Waals surface area contributed by atoms with Crippen molar-refractivity contribution in [3.8, 4) is 0 Å². The van der Waals surface area contributed by atoms with Gasteiger partial charge in [0.25, 0.3) is 0 Å². The second-order valence-corrected chi connectivity index (χ2v) is 6.98. The molecule has 0 unspecified atom stereocenters. The van der Waals surface area contributed by atoms with Crippen LogP contribution in [0.1, 0.15) is 48.5 Å². The molecule has 2 heterocycles. The van der Waals surface area contributed by atoms with E-state index in [-0.39, 0.29) is 24.2 Å². The highest BCUT2D eigenvalue weighted by Gasteiger charge is 2.61. The summed E-state index contributed by atoms with van der Waals surface area (Å²) in [5, 5.41) is 0. The summed E-state index contributed by atoms with van der Waals surface area (Å²) in [6.07, 6.45) is 0.125. The molecule has 2 aliphatic rings. The maximum atomic E-state index is 11.2. The minimum Gasteiger partial charge on any atom is -0.345 e. The zero-order chi connectivity index (χ0) is 15.3. The summed E-state index contributed by atoms with van der Waals surface area (Å²) in [6, 6.07) is 0. The molecule has 5 nitrogen and oxygen atoms in total. The van der Waals surface area contributed by atoms with Gasteiger partial charge in [-0.25, -0.2) is 0 Å². The number of carbonyl (C=O) groups excluding carboxylic acids is 1. The zero-order valence-electron chi connectivity index (χ0n) is 13.4. The first-order valence-corrected chi connectivity index (χ1v) is 7.20. The monoisotopic (exact) mass is 286 g/mol. The normalized spacial score (nSPS) is 44.5. The third-order valence-corrected chi connectivity index (χ3v) is 4.01. The molecule has 0 bridgehead atoms. The Hall–Kier alpha value is -0.490. The summed E-state index contributed by atoms with van der Waals surface area (Å²) < 4.78 is 23.9. The van der Waals surface area contributed by atoms with Gasteiger partial charge in [0.1, 0.15) is 24.1 Å². The third-order valence-electron chi connectivity index (χ3n) is 4.01. The molecular formula is C15H26O5. The minimum absolute atomic E-state index is 0.131. The van der Waals surface area contributed by atoms with Gasteiger partial charge < -0.3 is 23.7 Å². The Morgan fingerprint density at radius 3 is 2.05 bits per heavy atom. The van der Waals surface area contributed by atoms with Gasteiger partial charge in [0.2, 0.25) is 0 Å². The molecule has 0 aromatic rings. The van der Waals surface area contributed by atoms with E-state index in [0.717, 1.165) is 6.29 Å². The molecule has 0 saturated carbocycles. The smallest absolute Gasteiger partial charge is 0.164 e. The molecular weight excluding hydrogens is 260 g/mol. The quantitative estimate of drug-likeness (QED) is 0.745. The molecule has 0 aromatic heterocycles. The van der Waals surface area contributed by atoms with Crippen molar-refractivity contribution in [3.63, 3.8) is 0 Å². The highest BCUT2D eigenvalue weighted by atomic mass is 16.8. The van der Waals surface area contributed by atoms with E-state index in [1.54, 1.807) is 0 Å². The van der Waals surface area contributed by atoms with Gasteiger partial charge in [-0.1, -0.05) is 6.92 Å². The molecule has 5 heteroatoms. The van der Waals surface area contributed by atoms with Crippen LogP contribution in [0.25, 0.3) is 0 Å². The van der Waals surface area contributed by atoms with Crippen LogP contribution in [-0.2, 0) is 23.7 Å². The van der Waals surface area contributed by atoms with Crippen molar-refractivity contribution in [2.24, 2.45) is 5.92 Å². The molecule has 2 fully saturated rings. The van der Waals surface area contributed by atoms with Crippen molar-refractivity contribution in [1.29, 1.82) is 0 Å². The number of hydrogen-bond acceptors (Lipinski definition) is 5. The van der Waals surface area contributed by atoms with Crippen molar-refractivity contribution in [2.45, 2.75) is 84.0 Å². The zero-order valence-corrected chi connectivity index (χ0v) is 13.4. The lowest BCUT2D eigenvalue weighted by molar-refractivity contribution is -0.200. The fourth-order valence-corrected chi connectivity index (χ4v) is 3.48. The van der Waals surface area contributed by atoms with Crippen molar-refractivity contribution in [1.82, 2.24) is 0 Å². The Morgan fingerprint density at radius 1 is 1.00 bits per heavy atom. The maximum absolute atomic E-state index is 11.2. The second kappa shape index (κ2) is 4.77. The van der Waals surface area contributed by atoms with Crippen molar-refractivity contribution in [3.05, 3.63) is 0 Å². The molecule has 0 N–H and O–H groups in total. The molecule has 0 amide bonds. The first-order chi connectivity index (χ1) is 9.01. The average molecular weight is 286 g/mol. The molecule has 5 atom stereocenters. The van der Waals surface area contributed by atoms with E-state index >= 15 is 0 Å². The van der Waals surface area contributed by atoms with E-state index in [0.29, 0.717) is 0 Å². The van der Waals surface area contributed by atoms with Gasteiger partial charge in [-0.3, -0.25) is 0 Å². The molecule has 2 aliphatic heterocycles. The largest absolute Gasteiger partial charge is 0.345 e. The van der Waals surface area contributed by atoms with E-state index in [4.69, 9.17) is 18.9 Å². The van der Waals surface area contributed by atoms with E-state index < -0.39 is 17.2 Å². The summed E-state index contributed by atoms with van der Waals surface area (Å²) in [5.41, 5.74) is -0.725. The lowest BCUT2D eigenvalue weighted by Crippen LogP contribution is -2.54. The SMILES string of the molecule is C[C@@H]1OC(C)(C)O[C@@H]1[C@]1(C)OC(C)(C)O[C@@H]1[C@@H](C)C=O. The molecule has 2 rings (SSSR count). The Kier molecular flexibility index (Phi) is 3.79. The summed E-state index contributed by atoms with van der Waals surface area (Å²) in [6.45, 7) is 13.2. The number of aldehydes is 1. The van der Waals surface area contributed by atoms with Crippen LogP contribution in [0.3, 0.4) is 0 Å². The van der Waals surface area contributed by atoms with Gasteiger partial charge in [0.15, 0.2) is 11.6 Å². The summed E-state index contributed by atoms with van der Waals surface area (Å²) in [7, 11) is 0. The molecule has 20 heavy (non-hydrogen) atoms. The van der Waals surface area contributed by atoms with E-state index in [9.17, 15) is 4.79 Å². The Bertz CT molecular complexity index is 392. The van der Waals surface area contributed by atoms with Crippen LogP contribution in [0.15, 0.2) is 0 Å². The van der Waals surface area contributed by atoms with E-state index in [2.05, 4.69) is 0 Å². The Balaban J connectivity index is 2.33. The van der Waals surface area contributed by atoms with Crippen molar-refractivity contribution in [2.75, 3.05) is 0 Å². The molecule has 116 valence electrons.